The number of fused-ring (bicyclic) bond motifs is 1. The van der Waals surface area contributed by atoms with E-state index in [0.717, 1.165) is 36.2 Å². The van der Waals surface area contributed by atoms with Crippen LogP contribution in [0.5, 0.6) is 0 Å². The Balaban J connectivity index is 1.52. The fourth-order valence-corrected chi connectivity index (χ4v) is 2.97. The number of benzene rings is 2. The first-order valence-electron chi connectivity index (χ1n) is 8.52. The van der Waals surface area contributed by atoms with Crippen LogP contribution in [0.15, 0.2) is 54.6 Å². The van der Waals surface area contributed by atoms with E-state index in [9.17, 15) is 4.79 Å². The molecule has 0 aliphatic heterocycles. The van der Waals surface area contributed by atoms with Crippen LogP contribution in [-0.4, -0.2) is 22.0 Å². The van der Waals surface area contributed by atoms with Crippen molar-refractivity contribution in [3.63, 3.8) is 0 Å². The Morgan fingerprint density at radius 3 is 2.58 bits per heavy atom. The van der Waals surface area contributed by atoms with Crippen molar-refractivity contribution in [1.82, 2.24) is 14.9 Å². The molecule has 4 nitrogen and oxygen atoms in total. The Hall–Kier alpha value is -2.62. The average Bonchev–Trinajstić information content (AvgIpc) is 2.98. The lowest BCUT2D eigenvalue weighted by molar-refractivity contribution is -0.121. The minimum Gasteiger partial charge on any atom is -0.356 e. The number of hydrogen-bond acceptors (Lipinski definition) is 2. The predicted molar refractivity (Wildman–Crippen MR) is 96.9 cm³/mol. The van der Waals surface area contributed by atoms with Gasteiger partial charge in [-0.3, -0.25) is 4.79 Å². The molecule has 0 saturated carbocycles. The van der Waals surface area contributed by atoms with Gasteiger partial charge in [0.15, 0.2) is 0 Å². The molecular formula is C20H23N3O. The second kappa shape index (κ2) is 7.77. The molecule has 0 spiro atoms. The molecule has 0 radical (unpaired) electrons. The first kappa shape index (κ1) is 16.2. The summed E-state index contributed by atoms with van der Waals surface area (Å²) in [6.45, 7) is 3.63. The van der Waals surface area contributed by atoms with Crippen LogP contribution in [0.3, 0.4) is 0 Å². The third kappa shape index (κ3) is 3.82. The summed E-state index contributed by atoms with van der Waals surface area (Å²) in [4.78, 5) is 16.7. The number of aromatic nitrogens is 2. The molecule has 0 fully saturated rings. The maximum atomic E-state index is 12.0. The highest BCUT2D eigenvalue weighted by Crippen LogP contribution is 2.16. The normalized spacial score (nSPS) is 10.9. The number of carbonyl (C=O) groups is 1. The van der Waals surface area contributed by atoms with Crippen LogP contribution in [0.25, 0.3) is 11.0 Å². The molecule has 124 valence electrons. The highest BCUT2D eigenvalue weighted by atomic mass is 16.1. The van der Waals surface area contributed by atoms with Crippen molar-refractivity contribution in [2.24, 2.45) is 0 Å². The Kier molecular flexibility index (Phi) is 5.26. The van der Waals surface area contributed by atoms with Gasteiger partial charge in [0.2, 0.25) is 5.91 Å². The third-order valence-electron chi connectivity index (χ3n) is 4.20. The predicted octanol–water partition coefficient (Wildman–Crippen LogP) is 3.35. The van der Waals surface area contributed by atoms with Crippen molar-refractivity contribution in [1.29, 1.82) is 0 Å². The van der Waals surface area contributed by atoms with Crippen LogP contribution in [-0.2, 0) is 24.2 Å². The van der Waals surface area contributed by atoms with Gasteiger partial charge in [0.05, 0.1) is 11.0 Å². The standard InChI is InChI=1S/C20H23N3O/c1-2-23-18-11-7-6-10-17(18)22-19(23)14-15-21-20(24)13-12-16-8-4-3-5-9-16/h3-11H,2,12-15H2,1H3,(H,21,24). The van der Waals surface area contributed by atoms with Crippen LogP contribution in [0, 0.1) is 0 Å². The number of nitrogens with zero attached hydrogens (tertiary/aromatic N) is 2. The van der Waals surface area contributed by atoms with Gasteiger partial charge in [-0.05, 0) is 31.0 Å². The molecule has 0 aliphatic carbocycles. The van der Waals surface area contributed by atoms with Gasteiger partial charge >= 0.3 is 0 Å². The molecule has 1 N–H and O–H groups in total. The second-order valence-electron chi connectivity index (χ2n) is 5.85. The highest BCUT2D eigenvalue weighted by Gasteiger charge is 2.09. The summed E-state index contributed by atoms with van der Waals surface area (Å²) in [5.74, 6) is 1.13. The minimum absolute atomic E-state index is 0.0954. The van der Waals surface area contributed by atoms with Crippen molar-refractivity contribution in [2.75, 3.05) is 6.54 Å². The molecule has 1 aromatic heterocycles. The summed E-state index contributed by atoms with van der Waals surface area (Å²) in [5.41, 5.74) is 3.37. The number of nitrogens with one attached hydrogen (secondary N) is 1. The van der Waals surface area contributed by atoms with E-state index in [1.54, 1.807) is 0 Å². The molecule has 24 heavy (non-hydrogen) atoms. The largest absolute Gasteiger partial charge is 0.356 e. The SMILES string of the molecule is CCn1c(CCNC(=O)CCc2ccccc2)nc2ccccc21. The van der Waals surface area contributed by atoms with Gasteiger partial charge < -0.3 is 9.88 Å². The molecule has 0 bridgehead atoms. The molecule has 1 heterocycles. The molecule has 0 unspecified atom stereocenters. The van der Waals surface area contributed by atoms with Gasteiger partial charge in [-0.15, -0.1) is 0 Å². The van der Waals surface area contributed by atoms with Gasteiger partial charge in [-0.2, -0.15) is 0 Å². The molecule has 1 amide bonds. The fraction of sp³-hybridized carbons (Fsp3) is 0.300. The van der Waals surface area contributed by atoms with Crippen molar-refractivity contribution >= 4 is 16.9 Å². The zero-order valence-corrected chi connectivity index (χ0v) is 14.0. The second-order valence-corrected chi connectivity index (χ2v) is 5.85. The summed E-state index contributed by atoms with van der Waals surface area (Å²) < 4.78 is 2.21. The summed E-state index contributed by atoms with van der Waals surface area (Å²) in [7, 11) is 0. The van der Waals surface area contributed by atoms with Crippen LogP contribution in [0.1, 0.15) is 24.7 Å². The third-order valence-corrected chi connectivity index (χ3v) is 4.20. The number of rotatable bonds is 7. The van der Waals surface area contributed by atoms with E-state index < -0.39 is 0 Å². The summed E-state index contributed by atoms with van der Waals surface area (Å²) in [6, 6.07) is 18.3. The smallest absolute Gasteiger partial charge is 0.220 e. The van der Waals surface area contributed by atoms with Gasteiger partial charge in [-0.25, -0.2) is 4.98 Å². The molecule has 3 aromatic rings. The first-order chi connectivity index (χ1) is 11.8. The maximum Gasteiger partial charge on any atom is 0.220 e. The lowest BCUT2D eigenvalue weighted by atomic mass is 10.1. The van der Waals surface area contributed by atoms with Crippen molar-refractivity contribution in [3.05, 3.63) is 66.0 Å². The lowest BCUT2D eigenvalue weighted by Gasteiger charge is -2.07. The lowest BCUT2D eigenvalue weighted by Crippen LogP contribution is -2.26. The minimum atomic E-state index is 0.0954. The first-order valence-corrected chi connectivity index (χ1v) is 8.52. The molecule has 0 atom stereocenters. The van der Waals surface area contributed by atoms with Crippen LogP contribution >= 0.6 is 0 Å². The van der Waals surface area contributed by atoms with Crippen LogP contribution < -0.4 is 5.32 Å². The summed E-state index contributed by atoms with van der Waals surface area (Å²) in [5, 5.41) is 3.00. The Bertz CT molecular complexity index is 808. The molecular weight excluding hydrogens is 298 g/mol. The summed E-state index contributed by atoms with van der Waals surface area (Å²) >= 11 is 0. The number of carbonyl (C=O) groups excluding carboxylic acids is 1. The van der Waals surface area contributed by atoms with E-state index in [0.29, 0.717) is 13.0 Å². The van der Waals surface area contributed by atoms with Crippen LogP contribution in [0.4, 0.5) is 0 Å². The van der Waals surface area contributed by atoms with Crippen molar-refractivity contribution in [2.45, 2.75) is 32.7 Å². The van der Waals surface area contributed by atoms with Crippen molar-refractivity contribution < 1.29 is 4.79 Å². The quantitative estimate of drug-likeness (QED) is 0.725. The molecule has 4 heteroatoms. The van der Waals surface area contributed by atoms with E-state index in [1.165, 1.54) is 5.56 Å². The Labute approximate surface area is 142 Å². The van der Waals surface area contributed by atoms with Gasteiger partial charge in [0, 0.05) is 25.9 Å². The fourth-order valence-electron chi connectivity index (χ4n) is 2.97. The number of aryl methyl sites for hydroxylation is 2. The van der Waals surface area contributed by atoms with Gasteiger partial charge in [-0.1, -0.05) is 42.5 Å². The summed E-state index contributed by atoms with van der Waals surface area (Å²) in [6.07, 6.45) is 2.05. The monoisotopic (exact) mass is 321 g/mol. The molecule has 0 aliphatic rings. The van der Waals surface area contributed by atoms with E-state index in [-0.39, 0.29) is 5.91 Å². The Morgan fingerprint density at radius 2 is 1.79 bits per heavy atom. The topological polar surface area (TPSA) is 46.9 Å². The van der Waals surface area contributed by atoms with Crippen LogP contribution in [0.2, 0.25) is 0 Å². The van der Waals surface area contributed by atoms with E-state index in [4.69, 9.17) is 0 Å². The van der Waals surface area contributed by atoms with Gasteiger partial charge in [0.1, 0.15) is 5.82 Å². The highest BCUT2D eigenvalue weighted by molar-refractivity contribution is 5.77. The number of hydrogen-bond donors (Lipinski definition) is 1. The van der Waals surface area contributed by atoms with E-state index in [1.807, 2.05) is 36.4 Å². The maximum absolute atomic E-state index is 12.0. The zero-order valence-electron chi connectivity index (χ0n) is 14.0. The average molecular weight is 321 g/mol. The number of para-hydroxylation sites is 2. The van der Waals surface area contributed by atoms with E-state index in [2.05, 4.69) is 40.0 Å². The van der Waals surface area contributed by atoms with Crippen molar-refractivity contribution in [3.8, 4) is 0 Å². The van der Waals surface area contributed by atoms with E-state index >= 15 is 0 Å². The molecule has 3 rings (SSSR count). The molecule has 2 aromatic carbocycles. The molecule has 0 saturated heterocycles. The van der Waals surface area contributed by atoms with Gasteiger partial charge in [0.25, 0.3) is 0 Å². The number of imidazole rings is 1. The zero-order chi connectivity index (χ0) is 16.8. The Morgan fingerprint density at radius 1 is 1.04 bits per heavy atom. The number of amides is 1.